The van der Waals surface area contributed by atoms with Crippen LogP contribution in [0.4, 0.5) is 0 Å². The van der Waals surface area contributed by atoms with Gasteiger partial charge in [0.2, 0.25) is 11.8 Å². The van der Waals surface area contributed by atoms with E-state index in [2.05, 4.69) is 5.32 Å². The van der Waals surface area contributed by atoms with Crippen LogP contribution in [-0.4, -0.2) is 41.5 Å². The molecule has 0 spiro atoms. The Kier molecular flexibility index (Phi) is 6.44. The van der Waals surface area contributed by atoms with Gasteiger partial charge in [-0.15, -0.1) is 0 Å². The molecule has 0 bridgehead atoms. The van der Waals surface area contributed by atoms with Crippen LogP contribution in [0.15, 0.2) is 54.6 Å². The minimum absolute atomic E-state index is 0.109. The molecule has 6 heteroatoms. The molecule has 0 radical (unpaired) electrons. The summed E-state index contributed by atoms with van der Waals surface area (Å²) in [6.07, 6.45) is 0.847. The molecule has 0 aromatic heterocycles. The van der Waals surface area contributed by atoms with Crippen molar-refractivity contribution in [2.75, 3.05) is 19.6 Å². The highest BCUT2D eigenvalue weighted by Crippen LogP contribution is 2.24. The van der Waals surface area contributed by atoms with Gasteiger partial charge in [-0.2, -0.15) is 0 Å². The molecule has 142 valence electrons. The SMILES string of the molecule is O=C(CCN1CCCC1=O)NC[C@@H](O)c1cccc(Oc2ccccc2)c1. The van der Waals surface area contributed by atoms with E-state index in [9.17, 15) is 14.7 Å². The second-order valence-corrected chi connectivity index (χ2v) is 6.54. The summed E-state index contributed by atoms with van der Waals surface area (Å²) in [5.74, 6) is 1.27. The molecule has 1 saturated heterocycles. The normalized spacial score (nSPS) is 14.9. The topological polar surface area (TPSA) is 78.9 Å². The highest BCUT2D eigenvalue weighted by molar-refractivity contribution is 5.80. The van der Waals surface area contributed by atoms with Gasteiger partial charge < -0.3 is 20.1 Å². The van der Waals surface area contributed by atoms with Crippen molar-refractivity contribution in [2.24, 2.45) is 0 Å². The van der Waals surface area contributed by atoms with Crippen LogP contribution in [0.2, 0.25) is 0 Å². The molecule has 0 aliphatic carbocycles. The highest BCUT2D eigenvalue weighted by atomic mass is 16.5. The Morgan fingerprint density at radius 1 is 1.15 bits per heavy atom. The lowest BCUT2D eigenvalue weighted by Crippen LogP contribution is -2.33. The van der Waals surface area contributed by atoms with E-state index in [1.165, 1.54) is 0 Å². The molecule has 2 N–H and O–H groups in total. The summed E-state index contributed by atoms with van der Waals surface area (Å²) >= 11 is 0. The lowest BCUT2D eigenvalue weighted by molar-refractivity contribution is -0.128. The lowest BCUT2D eigenvalue weighted by Gasteiger charge is -2.16. The Hall–Kier alpha value is -2.86. The standard InChI is InChI=1S/C21H24N2O4/c24-19(15-22-20(25)11-13-23-12-5-10-21(23)26)16-6-4-9-18(14-16)27-17-7-2-1-3-8-17/h1-4,6-9,14,19,24H,5,10-13,15H2,(H,22,25)/t19-/m1/s1. The molecule has 2 aromatic rings. The van der Waals surface area contributed by atoms with E-state index in [-0.39, 0.29) is 24.8 Å². The molecule has 1 fully saturated rings. The molecule has 27 heavy (non-hydrogen) atoms. The van der Waals surface area contributed by atoms with E-state index in [0.717, 1.165) is 13.0 Å². The van der Waals surface area contributed by atoms with E-state index in [4.69, 9.17) is 4.74 Å². The quantitative estimate of drug-likeness (QED) is 0.751. The first-order chi connectivity index (χ1) is 13.1. The number of rotatable bonds is 8. The number of aliphatic hydroxyl groups is 1. The minimum atomic E-state index is -0.832. The number of ether oxygens (including phenoxy) is 1. The van der Waals surface area contributed by atoms with E-state index in [0.29, 0.717) is 30.0 Å². The zero-order chi connectivity index (χ0) is 19.1. The smallest absolute Gasteiger partial charge is 0.222 e. The third kappa shape index (κ3) is 5.56. The van der Waals surface area contributed by atoms with Crippen LogP contribution >= 0.6 is 0 Å². The number of para-hydroxylation sites is 1. The van der Waals surface area contributed by atoms with Gasteiger partial charge in [-0.1, -0.05) is 30.3 Å². The third-order valence-corrected chi connectivity index (χ3v) is 4.49. The van der Waals surface area contributed by atoms with Crippen LogP contribution in [-0.2, 0) is 9.59 Å². The maximum absolute atomic E-state index is 12.0. The summed E-state index contributed by atoms with van der Waals surface area (Å²) in [5.41, 5.74) is 0.665. The molecular formula is C21H24N2O4. The summed E-state index contributed by atoms with van der Waals surface area (Å²) in [6, 6.07) is 16.6. The zero-order valence-corrected chi connectivity index (χ0v) is 15.1. The fourth-order valence-corrected chi connectivity index (χ4v) is 3.00. The van der Waals surface area contributed by atoms with Crippen LogP contribution < -0.4 is 10.1 Å². The average Bonchev–Trinajstić information content (AvgIpc) is 3.10. The second-order valence-electron chi connectivity index (χ2n) is 6.54. The van der Waals surface area contributed by atoms with Crippen molar-refractivity contribution < 1.29 is 19.4 Å². The van der Waals surface area contributed by atoms with E-state index in [1.54, 1.807) is 23.1 Å². The molecule has 1 aliphatic rings. The number of carbonyl (C=O) groups excluding carboxylic acids is 2. The van der Waals surface area contributed by atoms with Crippen LogP contribution in [0.3, 0.4) is 0 Å². The van der Waals surface area contributed by atoms with Crippen molar-refractivity contribution in [3.63, 3.8) is 0 Å². The third-order valence-electron chi connectivity index (χ3n) is 4.49. The summed E-state index contributed by atoms with van der Waals surface area (Å²) in [7, 11) is 0. The number of carbonyl (C=O) groups is 2. The fourth-order valence-electron chi connectivity index (χ4n) is 3.00. The molecule has 1 heterocycles. The Labute approximate surface area is 158 Å². The van der Waals surface area contributed by atoms with Gasteiger partial charge in [0.05, 0.1) is 6.10 Å². The lowest BCUT2D eigenvalue weighted by atomic mass is 10.1. The largest absolute Gasteiger partial charge is 0.457 e. The number of aliphatic hydroxyl groups excluding tert-OH is 1. The van der Waals surface area contributed by atoms with Gasteiger partial charge in [0.1, 0.15) is 11.5 Å². The first-order valence-corrected chi connectivity index (χ1v) is 9.17. The molecular weight excluding hydrogens is 344 g/mol. The second kappa shape index (κ2) is 9.19. The maximum Gasteiger partial charge on any atom is 0.222 e. The van der Waals surface area contributed by atoms with Crippen LogP contribution in [0, 0.1) is 0 Å². The Bertz CT molecular complexity index is 779. The van der Waals surface area contributed by atoms with Gasteiger partial charge in [0, 0.05) is 32.5 Å². The monoisotopic (exact) mass is 368 g/mol. The first kappa shape index (κ1) is 18.9. The van der Waals surface area contributed by atoms with E-state index >= 15 is 0 Å². The van der Waals surface area contributed by atoms with Crippen molar-refractivity contribution in [3.8, 4) is 11.5 Å². The number of nitrogens with zero attached hydrogens (tertiary/aromatic N) is 1. The number of hydrogen-bond donors (Lipinski definition) is 2. The highest BCUT2D eigenvalue weighted by Gasteiger charge is 2.20. The molecule has 0 unspecified atom stereocenters. The van der Waals surface area contributed by atoms with Gasteiger partial charge in [-0.3, -0.25) is 9.59 Å². The van der Waals surface area contributed by atoms with Crippen LogP contribution in [0.1, 0.15) is 30.9 Å². The number of likely N-dealkylation sites (tertiary alicyclic amines) is 1. The van der Waals surface area contributed by atoms with E-state index < -0.39 is 6.10 Å². The molecule has 1 atom stereocenters. The predicted octanol–water partition coefficient (Wildman–Crippen LogP) is 2.64. The van der Waals surface area contributed by atoms with Crippen molar-refractivity contribution in [1.82, 2.24) is 10.2 Å². The van der Waals surface area contributed by atoms with E-state index in [1.807, 2.05) is 36.4 Å². The maximum atomic E-state index is 12.0. The van der Waals surface area contributed by atoms with Gasteiger partial charge in [-0.25, -0.2) is 0 Å². The molecule has 2 amide bonds. The Morgan fingerprint density at radius 2 is 1.93 bits per heavy atom. The minimum Gasteiger partial charge on any atom is -0.457 e. The summed E-state index contributed by atoms with van der Waals surface area (Å²) in [5, 5.41) is 13.1. The molecule has 1 aliphatic heterocycles. The number of amides is 2. The predicted molar refractivity (Wildman–Crippen MR) is 101 cm³/mol. The summed E-state index contributed by atoms with van der Waals surface area (Å²) < 4.78 is 5.76. The van der Waals surface area contributed by atoms with Gasteiger partial charge >= 0.3 is 0 Å². The fraction of sp³-hybridized carbons (Fsp3) is 0.333. The van der Waals surface area contributed by atoms with Crippen molar-refractivity contribution in [2.45, 2.75) is 25.4 Å². The van der Waals surface area contributed by atoms with Crippen molar-refractivity contribution in [1.29, 1.82) is 0 Å². The summed E-state index contributed by atoms with van der Waals surface area (Å²) in [6.45, 7) is 1.27. The Balaban J connectivity index is 1.47. The molecule has 0 saturated carbocycles. The van der Waals surface area contributed by atoms with Crippen LogP contribution in [0.25, 0.3) is 0 Å². The Morgan fingerprint density at radius 3 is 2.67 bits per heavy atom. The molecule has 2 aromatic carbocycles. The first-order valence-electron chi connectivity index (χ1n) is 9.17. The zero-order valence-electron chi connectivity index (χ0n) is 15.1. The van der Waals surface area contributed by atoms with Crippen molar-refractivity contribution >= 4 is 11.8 Å². The van der Waals surface area contributed by atoms with Gasteiger partial charge in [0.25, 0.3) is 0 Å². The summed E-state index contributed by atoms with van der Waals surface area (Å²) in [4.78, 5) is 25.2. The number of hydrogen-bond acceptors (Lipinski definition) is 4. The molecule has 6 nitrogen and oxygen atoms in total. The number of benzene rings is 2. The van der Waals surface area contributed by atoms with Crippen molar-refractivity contribution in [3.05, 3.63) is 60.2 Å². The number of nitrogens with one attached hydrogen (secondary N) is 1. The average molecular weight is 368 g/mol. The van der Waals surface area contributed by atoms with Crippen LogP contribution in [0.5, 0.6) is 11.5 Å². The van der Waals surface area contributed by atoms with Gasteiger partial charge in [0.15, 0.2) is 0 Å². The van der Waals surface area contributed by atoms with Gasteiger partial charge in [-0.05, 0) is 36.2 Å². The molecule has 3 rings (SSSR count).